The van der Waals surface area contributed by atoms with Gasteiger partial charge in [-0.3, -0.25) is 0 Å². The van der Waals surface area contributed by atoms with E-state index in [4.69, 9.17) is 0 Å². The van der Waals surface area contributed by atoms with Crippen molar-refractivity contribution < 1.29 is 5.11 Å². The summed E-state index contributed by atoms with van der Waals surface area (Å²) in [5, 5.41) is 13.3. The molecule has 3 heteroatoms. The average molecular weight is 276 g/mol. The molecule has 1 atom stereocenters. The van der Waals surface area contributed by atoms with Crippen LogP contribution in [0.5, 0.6) is 5.75 Å². The SMILES string of the molecule is CC(C)N(C)CCCNC1CCCc2ccc(O)cc21. The van der Waals surface area contributed by atoms with Gasteiger partial charge in [-0.2, -0.15) is 0 Å². The summed E-state index contributed by atoms with van der Waals surface area (Å²) < 4.78 is 0. The predicted octanol–water partition coefficient (Wildman–Crippen LogP) is 3.09. The van der Waals surface area contributed by atoms with E-state index in [-0.39, 0.29) is 0 Å². The van der Waals surface area contributed by atoms with Crippen LogP contribution in [0.3, 0.4) is 0 Å². The summed E-state index contributed by atoms with van der Waals surface area (Å²) in [5.41, 5.74) is 2.69. The molecule has 0 amide bonds. The molecule has 0 saturated heterocycles. The van der Waals surface area contributed by atoms with Gasteiger partial charge in [-0.15, -0.1) is 0 Å². The maximum Gasteiger partial charge on any atom is 0.115 e. The first kappa shape index (κ1) is 15.3. The Bertz CT molecular complexity index is 431. The number of fused-ring (bicyclic) bond motifs is 1. The van der Waals surface area contributed by atoms with Crippen LogP contribution < -0.4 is 5.32 Å². The molecule has 0 spiro atoms. The molecule has 0 aromatic heterocycles. The molecule has 1 unspecified atom stereocenters. The van der Waals surface area contributed by atoms with Crippen molar-refractivity contribution in [2.75, 3.05) is 20.1 Å². The van der Waals surface area contributed by atoms with Crippen LogP contribution in [-0.2, 0) is 6.42 Å². The average Bonchev–Trinajstić information content (AvgIpc) is 2.43. The van der Waals surface area contributed by atoms with Crippen LogP contribution in [0, 0.1) is 0 Å². The van der Waals surface area contributed by atoms with Crippen LogP contribution >= 0.6 is 0 Å². The van der Waals surface area contributed by atoms with Crippen LogP contribution in [0.15, 0.2) is 18.2 Å². The van der Waals surface area contributed by atoms with Crippen LogP contribution in [0.4, 0.5) is 0 Å². The smallest absolute Gasteiger partial charge is 0.115 e. The zero-order valence-corrected chi connectivity index (χ0v) is 13.0. The quantitative estimate of drug-likeness (QED) is 0.784. The number of nitrogens with one attached hydrogen (secondary N) is 1. The van der Waals surface area contributed by atoms with Crippen LogP contribution in [0.25, 0.3) is 0 Å². The summed E-state index contributed by atoms with van der Waals surface area (Å²) in [5.74, 6) is 0.386. The van der Waals surface area contributed by atoms with E-state index in [1.165, 1.54) is 30.4 Å². The topological polar surface area (TPSA) is 35.5 Å². The molecule has 1 aromatic carbocycles. The lowest BCUT2D eigenvalue weighted by atomic mass is 9.87. The Morgan fingerprint density at radius 2 is 2.20 bits per heavy atom. The first-order chi connectivity index (χ1) is 9.58. The van der Waals surface area contributed by atoms with Gasteiger partial charge in [0, 0.05) is 12.1 Å². The zero-order valence-electron chi connectivity index (χ0n) is 13.0. The highest BCUT2D eigenvalue weighted by Crippen LogP contribution is 2.31. The molecule has 1 aromatic rings. The third-order valence-electron chi connectivity index (χ3n) is 4.40. The number of aromatic hydroxyl groups is 1. The summed E-state index contributed by atoms with van der Waals surface area (Å²) >= 11 is 0. The maximum absolute atomic E-state index is 9.68. The molecule has 0 aliphatic heterocycles. The fourth-order valence-electron chi connectivity index (χ4n) is 2.86. The normalized spacial score (nSPS) is 18.6. The van der Waals surface area contributed by atoms with Gasteiger partial charge in [0.25, 0.3) is 0 Å². The highest BCUT2D eigenvalue weighted by molar-refractivity contribution is 5.38. The second-order valence-electron chi connectivity index (χ2n) is 6.21. The second-order valence-corrected chi connectivity index (χ2v) is 6.21. The van der Waals surface area contributed by atoms with E-state index in [2.05, 4.69) is 37.2 Å². The number of phenols is 1. The van der Waals surface area contributed by atoms with Crippen LogP contribution in [0.1, 0.15) is 50.3 Å². The van der Waals surface area contributed by atoms with Gasteiger partial charge in [-0.05, 0) is 82.9 Å². The lowest BCUT2D eigenvalue weighted by Gasteiger charge is -2.27. The first-order valence-corrected chi connectivity index (χ1v) is 7.83. The summed E-state index contributed by atoms with van der Waals surface area (Å²) in [7, 11) is 2.18. The number of aryl methyl sites for hydroxylation is 1. The predicted molar refractivity (Wildman–Crippen MR) is 84.2 cm³/mol. The standard InChI is InChI=1S/C17H28N2O/c1-13(2)19(3)11-5-10-18-17-7-4-6-14-8-9-15(20)12-16(14)17/h8-9,12-13,17-18,20H,4-7,10-11H2,1-3H3. The minimum Gasteiger partial charge on any atom is -0.508 e. The summed E-state index contributed by atoms with van der Waals surface area (Å²) in [4.78, 5) is 2.38. The Morgan fingerprint density at radius 3 is 2.95 bits per heavy atom. The molecular weight excluding hydrogens is 248 g/mol. The second kappa shape index (κ2) is 7.09. The Hall–Kier alpha value is -1.06. The number of hydrogen-bond donors (Lipinski definition) is 2. The maximum atomic E-state index is 9.68. The van der Waals surface area contributed by atoms with Crippen molar-refractivity contribution in [2.45, 2.75) is 51.6 Å². The minimum atomic E-state index is 0.386. The third kappa shape index (κ3) is 3.97. The molecule has 3 nitrogen and oxygen atoms in total. The van der Waals surface area contributed by atoms with E-state index < -0.39 is 0 Å². The summed E-state index contributed by atoms with van der Waals surface area (Å²) in [6.07, 6.45) is 4.72. The van der Waals surface area contributed by atoms with Crippen molar-refractivity contribution >= 4 is 0 Å². The Morgan fingerprint density at radius 1 is 1.40 bits per heavy atom. The highest BCUT2D eigenvalue weighted by Gasteiger charge is 2.19. The molecule has 1 aliphatic rings. The molecular formula is C17H28N2O. The van der Waals surface area contributed by atoms with Gasteiger partial charge in [-0.1, -0.05) is 6.07 Å². The van der Waals surface area contributed by atoms with Crippen molar-refractivity contribution in [3.63, 3.8) is 0 Å². The third-order valence-corrected chi connectivity index (χ3v) is 4.40. The zero-order chi connectivity index (χ0) is 14.5. The number of benzene rings is 1. The van der Waals surface area contributed by atoms with E-state index in [9.17, 15) is 5.11 Å². The first-order valence-electron chi connectivity index (χ1n) is 7.83. The number of nitrogens with zero attached hydrogens (tertiary/aromatic N) is 1. The molecule has 0 bridgehead atoms. The summed E-state index contributed by atoms with van der Waals surface area (Å²) in [6.45, 7) is 6.63. The fraction of sp³-hybridized carbons (Fsp3) is 0.647. The molecule has 20 heavy (non-hydrogen) atoms. The van der Waals surface area contributed by atoms with E-state index in [0.717, 1.165) is 19.5 Å². The van der Waals surface area contributed by atoms with Crippen molar-refractivity contribution in [1.82, 2.24) is 10.2 Å². The molecule has 0 saturated carbocycles. The Labute approximate surface area is 123 Å². The number of rotatable bonds is 6. The van der Waals surface area contributed by atoms with Gasteiger partial charge in [-0.25, -0.2) is 0 Å². The number of hydrogen-bond acceptors (Lipinski definition) is 3. The highest BCUT2D eigenvalue weighted by atomic mass is 16.3. The largest absolute Gasteiger partial charge is 0.508 e. The van der Waals surface area contributed by atoms with E-state index in [1.807, 2.05) is 6.07 Å². The van der Waals surface area contributed by atoms with Crippen molar-refractivity contribution in [2.24, 2.45) is 0 Å². The molecule has 0 radical (unpaired) electrons. The summed E-state index contributed by atoms with van der Waals surface area (Å²) in [6, 6.07) is 6.84. The molecule has 1 aliphatic carbocycles. The number of phenolic OH excluding ortho intramolecular Hbond substituents is 1. The molecule has 2 N–H and O–H groups in total. The van der Waals surface area contributed by atoms with E-state index in [0.29, 0.717) is 17.8 Å². The van der Waals surface area contributed by atoms with Gasteiger partial charge < -0.3 is 15.3 Å². The lowest BCUT2D eigenvalue weighted by molar-refractivity contribution is 0.267. The molecule has 0 fully saturated rings. The molecule has 2 rings (SSSR count). The Balaban J connectivity index is 1.84. The minimum absolute atomic E-state index is 0.386. The molecule has 112 valence electrons. The van der Waals surface area contributed by atoms with Crippen LogP contribution in [0.2, 0.25) is 0 Å². The van der Waals surface area contributed by atoms with E-state index in [1.54, 1.807) is 6.07 Å². The monoisotopic (exact) mass is 276 g/mol. The van der Waals surface area contributed by atoms with E-state index >= 15 is 0 Å². The van der Waals surface area contributed by atoms with Gasteiger partial charge in [0.2, 0.25) is 0 Å². The van der Waals surface area contributed by atoms with Gasteiger partial charge in [0.1, 0.15) is 5.75 Å². The Kier molecular flexibility index (Phi) is 5.44. The van der Waals surface area contributed by atoms with Crippen molar-refractivity contribution in [3.8, 4) is 5.75 Å². The van der Waals surface area contributed by atoms with Crippen molar-refractivity contribution in [3.05, 3.63) is 29.3 Å². The molecule has 0 heterocycles. The van der Waals surface area contributed by atoms with Gasteiger partial charge in [0.15, 0.2) is 0 Å². The lowest BCUT2D eigenvalue weighted by Crippen LogP contribution is -2.31. The van der Waals surface area contributed by atoms with Crippen LogP contribution in [-0.4, -0.2) is 36.2 Å². The van der Waals surface area contributed by atoms with Gasteiger partial charge >= 0.3 is 0 Å². The van der Waals surface area contributed by atoms with Crippen molar-refractivity contribution in [1.29, 1.82) is 0 Å². The fourth-order valence-corrected chi connectivity index (χ4v) is 2.86. The van der Waals surface area contributed by atoms with Gasteiger partial charge in [0.05, 0.1) is 0 Å².